The number of piperazine rings is 1. The van der Waals surface area contributed by atoms with E-state index >= 15 is 0 Å². The fourth-order valence-corrected chi connectivity index (χ4v) is 2.77. The molecule has 1 saturated heterocycles. The quantitative estimate of drug-likeness (QED) is 0.888. The minimum Gasteiger partial charge on any atom is -0.507 e. The monoisotopic (exact) mass is 248 g/mol. The lowest BCUT2D eigenvalue weighted by atomic mass is 10.1. The van der Waals surface area contributed by atoms with E-state index in [1.54, 1.807) is 0 Å². The molecule has 0 spiro atoms. The Hall–Kier alpha value is -1.06. The third-order valence-corrected chi connectivity index (χ3v) is 3.97. The van der Waals surface area contributed by atoms with Crippen LogP contribution in [0.3, 0.4) is 0 Å². The van der Waals surface area contributed by atoms with Gasteiger partial charge in [0.05, 0.1) is 0 Å². The van der Waals surface area contributed by atoms with Crippen molar-refractivity contribution in [3.8, 4) is 5.75 Å². The van der Waals surface area contributed by atoms with Crippen molar-refractivity contribution in [3.63, 3.8) is 0 Å². The van der Waals surface area contributed by atoms with Gasteiger partial charge in [-0.05, 0) is 26.0 Å². The minimum atomic E-state index is 0.461. The van der Waals surface area contributed by atoms with Gasteiger partial charge in [0, 0.05) is 37.8 Å². The molecule has 1 fully saturated rings. The predicted molar refractivity (Wildman–Crippen MR) is 74.8 cm³/mol. The Bertz CT molecular complexity index is 405. The van der Waals surface area contributed by atoms with Crippen LogP contribution in [0.15, 0.2) is 18.2 Å². The van der Waals surface area contributed by atoms with Gasteiger partial charge in [-0.2, -0.15) is 0 Å². The number of aryl methyl sites for hydroxylation is 1. The maximum Gasteiger partial charge on any atom is 0.122 e. The lowest BCUT2D eigenvalue weighted by Crippen LogP contribution is -2.51. The van der Waals surface area contributed by atoms with Crippen molar-refractivity contribution in [2.75, 3.05) is 26.2 Å². The number of benzene rings is 1. The third-order valence-electron chi connectivity index (χ3n) is 3.97. The zero-order chi connectivity index (χ0) is 13.1. The molecule has 100 valence electrons. The van der Waals surface area contributed by atoms with E-state index in [1.807, 2.05) is 25.1 Å². The summed E-state index contributed by atoms with van der Waals surface area (Å²) in [6.45, 7) is 11.7. The maximum absolute atomic E-state index is 10.1. The molecule has 3 heteroatoms. The van der Waals surface area contributed by atoms with Crippen molar-refractivity contribution in [3.05, 3.63) is 29.3 Å². The van der Waals surface area contributed by atoms with Gasteiger partial charge in [0.25, 0.3) is 0 Å². The summed E-state index contributed by atoms with van der Waals surface area (Å²) < 4.78 is 0. The number of hydrogen-bond acceptors (Lipinski definition) is 3. The van der Waals surface area contributed by atoms with E-state index < -0.39 is 0 Å². The maximum atomic E-state index is 10.1. The molecule has 0 saturated carbocycles. The molecule has 0 bridgehead atoms. The zero-order valence-electron chi connectivity index (χ0n) is 11.7. The first-order chi connectivity index (χ1) is 8.61. The van der Waals surface area contributed by atoms with E-state index in [9.17, 15) is 5.11 Å². The van der Waals surface area contributed by atoms with Gasteiger partial charge in [0.15, 0.2) is 0 Å². The highest BCUT2D eigenvalue weighted by molar-refractivity contribution is 5.39. The molecule has 1 aromatic rings. The SMILES string of the molecule is CCN1CCN(Cc2cccc(C)c2O)CC1C. The van der Waals surface area contributed by atoms with Crippen LogP contribution in [0.1, 0.15) is 25.0 Å². The Labute approximate surface area is 110 Å². The van der Waals surface area contributed by atoms with Crippen LogP contribution in [0.25, 0.3) is 0 Å². The molecule has 0 aromatic heterocycles. The summed E-state index contributed by atoms with van der Waals surface area (Å²) in [5.41, 5.74) is 2.01. The second-order valence-electron chi connectivity index (χ2n) is 5.30. The number of phenolic OH excluding ortho intramolecular Hbond substituents is 1. The van der Waals surface area contributed by atoms with Crippen molar-refractivity contribution < 1.29 is 5.11 Å². The van der Waals surface area contributed by atoms with Gasteiger partial charge in [0.1, 0.15) is 5.75 Å². The average Bonchev–Trinajstić information content (AvgIpc) is 2.35. The van der Waals surface area contributed by atoms with Gasteiger partial charge in [-0.1, -0.05) is 25.1 Å². The smallest absolute Gasteiger partial charge is 0.122 e. The van der Waals surface area contributed by atoms with E-state index in [-0.39, 0.29) is 0 Å². The predicted octanol–water partition coefficient (Wildman–Crippen LogP) is 2.23. The Morgan fingerprint density at radius 1 is 1.33 bits per heavy atom. The third kappa shape index (κ3) is 2.85. The number of rotatable bonds is 3. The molecule has 3 nitrogen and oxygen atoms in total. The Kier molecular flexibility index (Phi) is 4.25. The van der Waals surface area contributed by atoms with Crippen molar-refractivity contribution >= 4 is 0 Å². The van der Waals surface area contributed by atoms with E-state index in [0.29, 0.717) is 11.8 Å². The summed E-state index contributed by atoms with van der Waals surface area (Å²) in [6, 6.07) is 6.61. The number of nitrogens with zero attached hydrogens (tertiary/aromatic N) is 2. The first kappa shape index (κ1) is 13.4. The molecule has 1 aromatic carbocycles. The first-order valence-electron chi connectivity index (χ1n) is 6.85. The van der Waals surface area contributed by atoms with Crippen molar-refractivity contribution in [1.29, 1.82) is 0 Å². The van der Waals surface area contributed by atoms with Crippen LogP contribution in [0.2, 0.25) is 0 Å². The Morgan fingerprint density at radius 2 is 2.11 bits per heavy atom. The molecule has 1 aliphatic heterocycles. The normalized spacial score (nSPS) is 22.3. The van der Waals surface area contributed by atoms with Crippen molar-refractivity contribution in [1.82, 2.24) is 9.80 Å². The Balaban J connectivity index is 2.00. The molecular formula is C15H24N2O. The van der Waals surface area contributed by atoms with Crippen LogP contribution in [0.5, 0.6) is 5.75 Å². The van der Waals surface area contributed by atoms with Gasteiger partial charge in [0.2, 0.25) is 0 Å². The fraction of sp³-hybridized carbons (Fsp3) is 0.600. The molecule has 1 heterocycles. The molecule has 1 N–H and O–H groups in total. The van der Waals surface area contributed by atoms with Gasteiger partial charge >= 0.3 is 0 Å². The second-order valence-corrected chi connectivity index (χ2v) is 5.30. The molecule has 1 atom stereocenters. The number of phenols is 1. The molecular weight excluding hydrogens is 224 g/mol. The number of hydrogen-bond donors (Lipinski definition) is 1. The van der Waals surface area contributed by atoms with Crippen LogP contribution < -0.4 is 0 Å². The fourth-order valence-electron chi connectivity index (χ4n) is 2.77. The van der Waals surface area contributed by atoms with Crippen molar-refractivity contribution in [2.24, 2.45) is 0 Å². The van der Waals surface area contributed by atoms with E-state index in [1.165, 1.54) is 0 Å². The molecule has 1 aliphatic rings. The summed E-state index contributed by atoms with van der Waals surface area (Å²) in [7, 11) is 0. The molecule has 18 heavy (non-hydrogen) atoms. The largest absolute Gasteiger partial charge is 0.507 e. The first-order valence-corrected chi connectivity index (χ1v) is 6.85. The molecule has 1 unspecified atom stereocenters. The highest BCUT2D eigenvalue weighted by Gasteiger charge is 2.22. The van der Waals surface area contributed by atoms with Gasteiger partial charge < -0.3 is 5.11 Å². The topological polar surface area (TPSA) is 26.7 Å². The molecule has 2 rings (SSSR count). The molecule has 0 radical (unpaired) electrons. The second kappa shape index (κ2) is 5.72. The number of likely N-dealkylation sites (N-methyl/N-ethyl adjacent to an activating group) is 1. The van der Waals surface area contributed by atoms with Gasteiger partial charge in [-0.3, -0.25) is 9.80 Å². The van der Waals surface area contributed by atoms with Gasteiger partial charge in [-0.15, -0.1) is 0 Å². The Morgan fingerprint density at radius 3 is 2.78 bits per heavy atom. The minimum absolute atomic E-state index is 0.461. The van der Waals surface area contributed by atoms with Crippen LogP contribution in [0.4, 0.5) is 0 Å². The van der Waals surface area contributed by atoms with E-state index in [2.05, 4.69) is 23.6 Å². The van der Waals surface area contributed by atoms with Crippen LogP contribution >= 0.6 is 0 Å². The number of aromatic hydroxyl groups is 1. The lowest BCUT2D eigenvalue weighted by Gasteiger charge is -2.39. The highest BCUT2D eigenvalue weighted by Crippen LogP contribution is 2.23. The van der Waals surface area contributed by atoms with E-state index in [0.717, 1.165) is 43.9 Å². The van der Waals surface area contributed by atoms with Crippen molar-refractivity contribution in [2.45, 2.75) is 33.4 Å². The standard InChI is InChI=1S/C15H24N2O/c1-4-17-9-8-16(10-13(17)3)11-14-7-5-6-12(2)15(14)18/h5-7,13,18H,4,8-11H2,1-3H3. The van der Waals surface area contributed by atoms with Crippen LogP contribution in [-0.2, 0) is 6.54 Å². The summed E-state index contributed by atoms with van der Waals surface area (Å²) in [4.78, 5) is 4.94. The summed E-state index contributed by atoms with van der Waals surface area (Å²) in [6.07, 6.45) is 0. The van der Waals surface area contributed by atoms with Gasteiger partial charge in [-0.25, -0.2) is 0 Å². The summed E-state index contributed by atoms with van der Waals surface area (Å²) >= 11 is 0. The van der Waals surface area contributed by atoms with Crippen LogP contribution in [0, 0.1) is 6.92 Å². The summed E-state index contributed by atoms with van der Waals surface area (Å²) in [5, 5.41) is 10.1. The lowest BCUT2D eigenvalue weighted by molar-refractivity contribution is 0.0829. The highest BCUT2D eigenvalue weighted by atomic mass is 16.3. The molecule has 0 amide bonds. The average molecular weight is 248 g/mol. The van der Waals surface area contributed by atoms with Crippen LogP contribution in [-0.4, -0.2) is 47.1 Å². The summed E-state index contributed by atoms with van der Waals surface area (Å²) in [5.74, 6) is 0.461. The number of para-hydroxylation sites is 1. The zero-order valence-corrected chi connectivity index (χ0v) is 11.7. The van der Waals surface area contributed by atoms with E-state index in [4.69, 9.17) is 0 Å². The molecule has 0 aliphatic carbocycles.